The number of methoxy groups -OCH3 is 4. The molecule has 258 valence electrons. The van der Waals surface area contributed by atoms with E-state index < -0.39 is 40.8 Å². The monoisotopic (exact) mass is 678 g/mol. The van der Waals surface area contributed by atoms with Crippen LogP contribution in [0, 0.1) is 0 Å². The lowest BCUT2D eigenvalue weighted by Crippen LogP contribution is -2.46. The van der Waals surface area contributed by atoms with Crippen LogP contribution in [0.25, 0.3) is 0 Å². The van der Waals surface area contributed by atoms with Crippen LogP contribution >= 0.6 is 0 Å². The Morgan fingerprint density at radius 3 is 1.37 bits per heavy atom. The summed E-state index contributed by atoms with van der Waals surface area (Å²) in [4.78, 5) is 25.5. The minimum absolute atomic E-state index is 0.159. The molecule has 0 heterocycles. The van der Waals surface area contributed by atoms with Crippen molar-refractivity contribution in [2.45, 2.75) is 104 Å². The molecule has 2 aromatic rings. The number of hydrogen-bond acceptors (Lipinski definition) is 10. The van der Waals surface area contributed by atoms with E-state index in [-0.39, 0.29) is 10.1 Å². The Hall–Kier alpha value is -3.39. The summed E-state index contributed by atoms with van der Waals surface area (Å²) >= 11 is 0. The molecule has 2 aromatic carbocycles. The van der Waals surface area contributed by atoms with Gasteiger partial charge in [0, 0.05) is 25.0 Å². The predicted octanol–water partition coefficient (Wildman–Crippen LogP) is 8.40. The summed E-state index contributed by atoms with van der Waals surface area (Å²) in [6.07, 6.45) is -2.32. The Bertz CT molecular complexity index is 1360. The molecule has 0 fully saturated rings. The molecule has 0 bridgehead atoms. The van der Waals surface area contributed by atoms with Crippen molar-refractivity contribution in [2.75, 3.05) is 28.4 Å². The fourth-order valence-electron chi connectivity index (χ4n) is 4.18. The van der Waals surface area contributed by atoms with Crippen molar-refractivity contribution in [1.29, 1.82) is 0 Å². The first-order valence-electron chi connectivity index (χ1n) is 15.3. The molecule has 12 heteroatoms. The van der Waals surface area contributed by atoms with E-state index in [1.54, 1.807) is 31.4 Å². The zero-order valence-electron chi connectivity index (χ0n) is 30.5. The van der Waals surface area contributed by atoms with E-state index in [2.05, 4.69) is 67.7 Å². The van der Waals surface area contributed by atoms with Gasteiger partial charge in [0.25, 0.3) is 16.6 Å². The molecule has 2 atom stereocenters. The van der Waals surface area contributed by atoms with Gasteiger partial charge in [-0.1, -0.05) is 41.5 Å². The van der Waals surface area contributed by atoms with E-state index >= 15 is 0 Å². The Kier molecular flexibility index (Phi) is 12.3. The number of ether oxygens (including phenoxy) is 6. The van der Waals surface area contributed by atoms with Crippen LogP contribution in [0.5, 0.6) is 34.5 Å². The molecule has 0 saturated heterocycles. The Labute approximate surface area is 277 Å². The Morgan fingerprint density at radius 2 is 1.00 bits per heavy atom. The normalized spacial score (nSPS) is 13.7. The summed E-state index contributed by atoms with van der Waals surface area (Å²) in [5, 5.41) is -0.363. The molecule has 10 nitrogen and oxygen atoms in total. The van der Waals surface area contributed by atoms with E-state index in [0.717, 1.165) is 0 Å². The molecule has 0 N–H and O–H groups in total. The van der Waals surface area contributed by atoms with Crippen molar-refractivity contribution in [1.82, 2.24) is 0 Å². The van der Waals surface area contributed by atoms with E-state index in [1.807, 2.05) is 0 Å². The van der Waals surface area contributed by atoms with Gasteiger partial charge in [-0.05, 0) is 60.5 Å². The van der Waals surface area contributed by atoms with Gasteiger partial charge >= 0.3 is 11.9 Å². The summed E-state index contributed by atoms with van der Waals surface area (Å²) in [6, 6.07) is 6.85. The fourth-order valence-corrected chi connectivity index (χ4v) is 6.22. The van der Waals surface area contributed by atoms with Gasteiger partial charge in [0.15, 0.2) is 41.0 Å². The third-order valence-corrected chi connectivity index (χ3v) is 17.5. The first-order valence-corrected chi connectivity index (χ1v) is 21.1. The van der Waals surface area contributed by atoms with Crippen molar-refractivity contribution in [2.24, 2.45) is 0 Å². The number of hydrogen-bond donors (Lipinski definition) is 0. The van der Waals surface area contributed by atoms with Gasteiger partial charge in [-0.15, -0.1) is 0 Å². The highest BCUT2D eigenvalue weighted by molar-refractivity contribution is 6.75. The minimum atomic E-state index is -2.56. The van der Waals surface area contributed by atoms with Gasteiger partial charge in [0.2, 0.25) is 5.75 Å². The first-order chi connectivity index (χ1) is 21.0. The lowest BCUT2D eigenvalue weighted by atomic mass is 9.95. The topological polar surface area (TPSA) is 108 Å². The second-order valence-corrected chi connectivity index (χ2v) is 23.7. The maximum atomic E-state index is 12.8. The van der Waals surface area contributed by atoms with Crippen LogP contribution in [0.3, 0.4) is 0 Å². The molecule has 0 amide bonds. The quantitative estimate of drug-likeness (QED) is 0.151. The van der Waals surface area contributed by atoms with Gasteiger partial charge in [-0.3, -0.25) is 9.59 Å². The number of rotatable bonds is 13. The predicted molar refractivity (Wildman–Crippen MR) is 184 cm³/mol. The number of esters is 2. The molecule has 0 saturated carbocycles. The van der Waals surface area contributed by atoms with E-state index in [1.165, 1.54) is 35.2 Å². The minimum Gasteiger partial charge on any atom is -0.541 e. The van der Waals surface area contributed by atoms with Gasteiger partial charge < -0.3 is 37.3 Å². The average molecular weight is 679 g/mol. The fraction of sp³-hybridized carbons (Fsp3) is 0.588. The van der Waals surface area contributed by atoms with E-state index in [9.17, 15) is 9.59 Å². The van der Waals surface area contributed by atoms with Crippen LogP contribution in [0.15, 0.2) is 24.3 Å². The van der Waals surface area contributed by atoms with Crippen molar-refractivity contribution in [3.63, 3.8) is 0 Å². The number of benzene rings is 2. The molecule has 0 unspecified atom stereocenters. The summed E-state index contributed by atoms with van der Waals surface area (Å²) < 4.78 is 48.6. The third-order valence-electron chi connectivity index (χ3n) is 8.84. The van der Waals surface area contributed by atoms with Gasteiger partial charge in [-0.2, -0.15) is 0 Å². The highest BCUT2D eigenvalue weighted by Crippen LogP contribution is 2.53. The Morgan fingerprint density at radius 1 is 0.587 bits per heavy atom. The third kappa shape index (κ3) is 8.70. The summed E-state index contributed by atoms with van der Waals surface area (Å²) in [5.74, 6) is 1.13. The average Bonchev–Trinajstić information content (AvgIpc) is 2.93. The highest BCUT2D eigenvalue weighted by Gasteiger charge is 2.45. The van der Waals surface area contributed by atoms with Gasteiger partial charge in [-0.25, -0.2) is 0 Å². The molecule has 0 radical (unpaired) electrons. The highest BCUT2D eigenvalue weighted by atomic mass is 28.4. The molecule has 0 aliphatic rings. The standard InChI is InChI=1S/C34H54O10Si2/c1-21(35)41-28(23-19-26(38-10)31(40-12)27(20-23)39-11)29(42-22(2)36)24-17-18-25(37-9)32(44-46(15,16)34(6,7)8)30(24)43-45(13,14)33(3,4)5/h17-20,28-29H,1-16H3/t28-,29-/m1/s1. The van der Waals surface area contributed by atoms with Crippen LogP contribution in [0.1, 0.15) is 78.7 Å². The summed E-state index contributed by atoms with van der Waals surface area (Å²) in [6.45, 7) is 23.9. The molecule has 0 aliphatic carbocycles. The maximum absolute atomic E-state index is 12.8. The second-order valence-electron chi connectivity index (χ2n) is 14.3. The van der Waals surface area contributed by atoms with Crippen molar-refractivity contribution in [3.05, 3.63) is 35.4 Å². The molecular weight excluding hydrogens is 625 g/mol. The largest absolute Gasteiger partial charge is 0.541 e. The molecule has 2 rings (SSSR count). The Balaban J connectivity index is 3.11. The summed E-state index contributed by atoms with van der Waals surface area (Å²) in [7, 11) is 1.02. The van der Waals surface area contributed by atoms with Crippen LogP contribution in [-0.4, -0.2) is 57.0 Å². The zero-order chi connectivity index (χ0) is 35.4. The summed E-state index contributed by atoms with van der Waals surface area (Å²) in [5.41, 5.74) is 0.895. The number of carbonyl (C=O) groups excluding carboxylic acids is 2. The van der Waals surface area contributed by atoms with Crippen molar-refractivity contribution < 1.29 is 46.9 Å². The molecule has 0 aromatic heterocycles. The number of carbonyl (C=O) groups is 2. The van der Waals surface area contributed by atoms with Gasteiger partial charge in [0.1, 0.15) is 0 Å². The van der Waals surface area contributed by atoms with Crippen LogP contribution in [-0.2, 0) is 19.1 Å². The SMILES string of the molecule is COc1cc([C@@H](OC(C)=O)[C@H](OC(C)=O)c2ccc(OC)c(O[Si](C)(C)C(C)(C)C)c2O[Si](C)(C)C(C)(C)C)cc(OC)c1OC. The lowest BCUT2D eigenvalue weighted by Gasteiger charge is -2.41. The maximum Gasteiger partial charge on any atom is 0.303 e. The van der Waals surface area contributed by atoms with E-state index in [0.29, 0.717) is 45.6 Å². The van der Waals surface area contributed by atoms with Crippen LogP contribution < -0.4 is 27.8 Å². The molecule has 0 aliphatic heterocycles. The van der Waals surface area contributed by atoms with Gasteiger partial charge in [0.05, 0.1) is 28.4 Å². The second kappa shape index (κ2) is 14.6. The molecule has 46 heavy (non-hydrogen) atoms. The smallest absolute Gasteiger partial charge is 0.303 e. The van der Waals surface area contributed by atoms with Crippen molar-refractivity contribution in [3.8, 4) is 34.5 Å². The molecule has 0 spiro atoms. The first kappa shape index (κ1) is 38.8. The zero-order valence-corrected chi connectivity index (χ0v) is 32.5. The van der Waals surface area contributed by atoms with Crippen LogP contribution in [0.2, 0.25) is 36.3 Å². The molecular formula is C34H54O10Si2. The van der Waals surface area contributed by atoms with E-state index in [4.69, 9.17) is 37.3 Å². The lowest BCUT2D eigenvalue weighted by molar-refractivity contribution is -0.167. The van der Waals surface area contributed by atoms with Crippen molar-refractivity contribution >= 4 is 28.6 Å². The van der Waals surface area contributed by atoms with Crippen LogP contribution in [0.4, 0.5) is 0 Å².